The molecule has 0 heterocycles. The molecular weight excluding hydrogens is 381 g/mol. The van der Waals surface area contributed by atoms with Gasteiger partial charge in [-0.05, 0) is 46.2 Å². The van der Waals surface area contributed by atoms with Crippen molar-refractivity contribution < 1.29 is 14.7 Å². The summed E-state index contributed by atoms with van der Waals surface area (Å²) in [4.78, 5) is 23.2. The summed E-state index contributed by atoms with van der Waals surface area (Å²) in [5.41, 5.74) is -0.227. The maximum Gasteiger partial charge on any atom is 0.326 e. The van der Waals surface area contributed by atoms with E-state index in [4.69, 9.17) is 16.7 Å². The Morgan fingerprint density at radius 2 is 1.95 bits per heavy atom. The fourth-order valence-corrected chi connectivity index (χ4v) is 2.02. The first kappa shape index (κ1) is 16.2. The third-order valence-corrected chi connectivity index (χ3v) is 4.14. The fourth-order valence-electron chi connectivity index (χ4n) is 1.50. The molecule has 0 saturated carbocycles. The Morgan fingerprint density at radius 1 is 1.37 bits per heavy atom. The molecule has 6 heteroatoms. The van der Waals surface area contributed by atoms with Gasteiger partial charge in [0.1, 0.15) is 6.04 Å². The van der Waals surface area contributed by atoms with Crippen molar-refractivity contribution in [3.63, 3.8) is 0 Å². The van der Waals surface area contributed by atoms with Crippen molar-refractivity contribution >= 4 is 46.1 Å². The van der Waals surface area contributed by atoms with Crippen LogP contribution in [-0.4, -0.2) is 23.0 Å². The number of aliphatic carboxylic acids is 1. The molecule has 19 heavy (non-hydrogen) atoms. The Labute approximate surface area is 130 Å². The molecule has 0 aromatic heterocycles. The number of carboxylic acids is 1. The highest BCUT2D eigenvalue weighted by atomic mass is 127. The molecule has 1 aromatic carbocycles. The summed E-state index contributed by atoms with van der Waals surface area (Å²) in [6.07, 6.45) is 0. The van der Waals surface area contributed by atoms with Gasteiger partial charge in [0.15, 0.2) is 0 Å². The summed E-state index contributed by atoms with van der Waals surface area (Å²) in [6, 6.07) is 3.90. The minimum atomic E-state index is -1.06. The van der Waals surface area contributed by atoms with Gasteiger partial charge in [0.2, 0.25) is 0 Å². The second-order valence-electron chi connectivity index (χ2n) is 5.24. The lowest BCUT2D eigenvalue weighted by Crippen LogP contribution is -2.49. The predicted octanol–water partition coefficient (Wildman–Crippen LogP) is 3.17. The molecule has 0 aliphatic carbocycles. The van der Waals surface area contributed by atoms with E-state index in [1.54, 1.807) is 32.9 Å². The Balaban J connectivity index is 2.94. The van der Waals surface area contributed by atoms with E-state index in [9.17, 15) is 9.59 Å². The van der Waals surface area contributed by atoms with Crippen molar-refractivity contribution in [2.75, 3.05) is 0 Å². The van der Waals surface area contributed by atoms with E-state index in [-0.39, 0.29) is 0 Å². The van der Waals surface area contributed by atoms with Gasteiger partial charge in [-0.25, -0.2) is 4.79 Å². The first-order valence-electron chi connectivity index (χ1n) is 5.61. The molecule has 1 aromatic rings. The summed E-state index contributed by atoms with van der Waals surface area (Å²) in [5.74, 6) is -1.50. The Bertz CT molecular complexity index is 511. The van der Waals surface area contributed by atoms with Gasteiger partial charge in [-0.1, -0.05) is 32.4 Å². The van der Waals surface area contributed by atoms with E-state index in [1.807, 2.05) is 0 Å². The zero-order valence-electron chi connectivity index (χ0n) is 10.8. The Kier molecular flexibility index (Phi) is 5.20. The molecule has 1 rings (SSSR count). The molecule has 1 unspecified atom stereocenters. The summed E-state index contributed by atoms with van der Waals surface area (Å²) < 4.78 is 0.835. The normalized spacial score (nSPS) is 12.9. The van der Waals surface area contributed by atoms with E-state index in [2.05, 4.69) is 27.9 Å². The molecule has 0 bridgehead atoms. The number of hydrogen-bond donors (Lipinski definition) is 2. The third kappa shape index (κ3) is 4.35. The van der Waals surface area contributed by atoms with Gasteiger partial charge in [0, 0.05) is 9.13 Å². The van der Waals surface area contributed by atoms with Gasteiger partial charge in [-0.2, -0.15) is 0 Å². The average Bonchev–Trinajstić information content (AvgIpc) is 2.27. The summed E-state index contributed by atoms with van der Waals surface area (Å²) in [7, 11) is 0. The van der Waals surface area contributed by atoms with Crippen molar-refractivity contribution in [2.24, 2.45) is 5.41 Å². The van der Waals surface area contributed by atoms with Gasteiger partial charge in [0.05, 0.1) is 5.02 Å². The van der Waals surface area contributed by atoms with Gasteiger partial charge in [-0.15, -0.1) is 0 Å². The average molecular weight is 396 g/mol. The molecule has 0 saturated heterocycles. The molecule has 2 N–H and O–H groups in total. The standard InChI is InChI=1S/C13H15ClINO3/c1-13(2,3)10(12(18)19)16-11(17)7-4-5-9(15)8(14)6-7/h4-6,10H,1-3H3,(H,16,17)(H,18,19). The van der Waals surface area contributed by atoms with Crippen molar-refractivity contribution in [1.29, 1.82) is 0 Å². The highest BCUT2D eigenvalue weighted by Gasteiger charge is 2.32. The molecule has 1 atom stereocenters. The zero-order chi connectivity index (χ0) is 14.8. The molecular formula is C13H15ClINO3. The van der Waals surface area contributed by atoms with Crippen LogP contribution < -0.4 is 5.32 Å². The quantitative estimate of drug-likeness (QED) is 0.773. The van der Waals surface area contributed by atoms with E-state index in [1.165, 1.54) is 6.07 Å². The minimum absolute atomic E-state index is 0.348. The largest absolute Gasteiger partial charge is 0.480 e. The number of rotatable bonds is 3. The van der Waals surface area contributed by atoms with Crippen molar-refractivity contribution in [2.45, 2.75) is 26.8 Å². The first-order chi connectivity index (χ1) is 8.62. The summed E-state index contributed by atoms with van der Waals surface area (Å²) in [6.45, 7) is 5.27. The lowest BCUT2D eigenvalue weighted by molar-refractivity contribution is -0.142. The molecule has 0 fully saturated rings. The van der Waals surface area contributed by atoms with Crippen LogP contribution in [0.2, 0.25) is 5.02 Å². The van der Waals surface area contributed by atoms with E-state index in [0.717, 1.165) is 3.57 Å². The van der Waals surface area contributed by atoms with Crippen LogP contribution in [0.3, 0.4) is 0 Å². The molecule has 104 valence electrons. The number of carbonyl (C=O) groups excluding carboxylic acids is 1. The number of carboxylic acid groups (broad SMARTS) is 1. The van der Waals surface area contributed by atoms with Gasteiger partial charge in [0.25, 0.3) is 5.91 Å². The van der Waals surface area contributed by atoms with Crippen LogP contribution in [0, 0.1) is 8.99 Å². The smallest absolute Gasteiger partial charge is 0.326 e. The van der Waals surface area contributed by atoms with Crippen LogP contribution in [0.25, 0.3) is 0 Å². The van der Waals surface area contributed by atoms with Crippen LogP contribution >= 0.6 is 34.2 Å². The van der Waals surface area contributed by atoms with E-state index < -0.39 is 23.3 Å². The maximum absolute atomic E-state index is 12.0. The third-order valence-electron chi connectivity index (χ3n) is 2.57. The fraction of sp³-hybridized carbons (Fsp3) is 0.385. The van der Waals surface area contributed by atoms with Gasteiger partial charge in [-0.3, -0.25) is 4.79 Å². The Morgan fingerprint density at radius 3 is 2.37 bits per heavy atom. The highest BCUT2D eigenvalue weighted by Crippen LogP contribution is 2.22. The van der Waals surface area contributed by atoms with Crippen LogP contribution in [0.5, 0.6) is 0 Å². The van der Waals surface area contributed by atoms with Gasteiger partial charge < -0.3 is 10.4 Å². The van der Waals surface area contributed by atoms with Crippen LogP contribution in [-0.2, 0) is 4.79 Å². The number of benzene rings is 1. The monoisotopic (exact) mass is 395 g/mol. The summed E-state index contributed by atoms with van der Waals surface area (Å²) in [5, 5.41) is 12.1. The molecule has 1 amide bonds. The lowest BCUT2D eigenvalue weighted by Gasteiger charge is -2.27. The van der Waals surface area contributed by atoms with Crippen LogP contribution in [0.1, 0.15) is 31.1 Å². The highest BCUT2D eigenvalue weighted by molar-refractivity contribution is 14.1. The van der Waals surface area contributed by atoms with Crippen molar-refractivity contribution in [1.82, 2.24) is 5.32 Å². The van der Waals surface area contributed by atoms with Crippen LogP contribution in [0.4, 0.5) is 0 Å². The molecule has 0 aliphatic heterocycles. The first-order valence-corrected chi connectivity index (χ1v) is 7.07. The Hall–Kier alpha value is -0.820. The molecule has 0 spiro atoms. The SMILES string of the molecule is CC(C)(C)C(NC(=O)c1ccc(I)c(Cl)c1)C(=O)O. The van der Waals surface area contributed by atoms with E-state index in [0.29, 0.717) is 10.6 Å². The van der Waals surface area contributed by atoms with E-state index >= 15 is 0 Å². The van der Waals surface area contributed by atoms with Crippen molar-refractivity contribution in [3.8, 4) is 0 Å². The number of carbonyl (C=O) groups is 2. The predicted molar refractivity (Wildman–Crippen MR) is 82.5 cm³/mol. The maximum atomic E-state index is 12.0. The number of nitrogens with one attached hydrogen (secondary N) is 1. The molecule has 0 radical (unpaired) electrons. The zero-order valence-corrected chi connectivity index (χ0v) is 13.7. The molecule has 4 nitrogen and oxygen atoms in total. The topological polar surface area (TPSA) is 66.4 Å². The lowest BCUT2D eigenvalue weighted by atomic mass is 9.86. The summed E-state index contributed by atoms with van der Waals surface area (Å²) >= 11 is 8.00. The second kappa shape index (κ2) is 6.09. The minimum Gasteiger partial charge on any atom is -0.480 e. The number of halogens is 2. The number of hydrogen-bond acceptors (Lipinski definition) is 2. The van der Waals surface area contributed by atoms with Gasteiger partial charge >= 0.3 is 5.97 Å². The second-order valence-corrected chi connectivity index (χ2v) is 6.81. The van der Waals surface area contributed by atoms with Crippen molar-refractivity contribution in [3.05, 3.63) is 32.4 Å². The molecule has 0 aliphatic rings. The van der Waals surface area contributed by atoms with Crippen LogP contribution in [0.15, 0.2) is 18.2 Å². The number of amides is 1.